The average molecular weight is 477 g/mol. The molecule has 0 saturated heterocycles. The molecule has 0 aromatic heterocycles. The first-order chi connectivity index (χ1) is 16.8. The second-order valence-electron chi connectivity index (χ2n) is 9.08. The summed E-state index contributed by atoms with van der Waals surface area (Å²) in [6, 6.07) is 12.8. The van der Waals surface area contributed by atoms with Crippen molar-refractivity contribution in [2.45, 2.75) is 25.9 Å². The highest BCUT2D eigenvalue weighted by Crippen LogP contribution is 2.39. The van der Waals surface area contributed by atoms with Gasteiger partial charge in [0, 0.05) is 13.1 Å². The number of nitrogens with zero attached hydrogens (tertiary/aromatic N) is 2. The number of nitrogens with one attached hydrogen (secondary N) is 2. The third-order valence-corrected chi connectivity index (χ3v) is 6.10. The quantitative estimate of drug-likeness (QED) is 0.571. The molecule has 0 fully saturated rings. The number of urea groups is 1. The van der Waals surface area contributed by atoms with E-state index in [4.69, 9.17) is 0 Å². The van der Waals surface area contributed by atoms with Gasteiger partial charge in [0.15, 0.2) is 0 Å². The normalized spacial score (nSPS) is 18.5. The molecule has 0 saturated carbocycles. The first kappa shape index (κ1) is 24.2. The number of carbonyl (C=O) groups excluding carboxylic acids is 3. The van der Waals surface area contributed by atoms with Gasteiger partial charge >= 0.3 is 6.03 Å². The van der Waals surface area contributed by atoms with Crippen LogP contribution in [0.15, 0.2) is 78.5 Å². The number of amides is 4. The van der Waals surface area contributed by atoms with E-state index < -0.39 is 23.9 Å². The third kappa shape index (κ3) is 4.82. The molecule has 7 nitrogen and oxygen atoms in total. The molecular formula is C27H29FN4O3. The number of halogens is 1. The van der Waals surface area contributed by atoms with Crippen LogP contribution in [0.5, 0.6) is 0 Å². The molecule has 2 aromatic rings. The van der Waals surface area contributed by atoms with E-state index in [0.717, 1.165) is 0 Å². The highest BCUT2D eigenvalue weighted by molar-refractivity contribution is 6.03. The van der Waals surface area contributed by atoms with E-state index >= 15 is 0 Å². The van der Waals surface area contributed by atoms with Crippen molar-refractivity contribution in [3.05, 3.63) is 95.5 Å². The van der Waals surface area contributed by atoms with Crippen molar-refractivity contribution in [3.8, 4) is 0 Å². The lowest BCUT2D eigenvalue weighted by Crippen LogP contribution is -2.47. The Kier molecular flexibility index (Phi) is 7.00. The molecule has 2 aliphatic heterocycles. The Balaban J connectivity index is 1.77. The zero-order valence-electron chi connectivity index (χ0n) is 19.8. The largest absolute Gasteiger partial charge is 0.354 e. The summed E-state index contributed by atoms with van der Waals surface area (Å²) >= 11 is 0. The molecule has 2 aliphatic rings. The second-order valence-corrected chi connectivity index (χ2v) is 9.08. The van der Waals surface area contributed by atoms with Crippen LogP contribution in [0.3, 0.4) is 0 Å². The fourth-order valence-corrected chi connectivity index (χ4v) is 4.49. The molecule has 4 rings (SSSR count). The third-order valence-electron chi connectivity index (χ3n) is 6.10. The molecule has 4 amide bonds. The Morgan fingerprint density at radius 1 is 1.20 bits per heavy atom. The highest BCUT2D eigenvalue weighted by Gasteiger charge is 2.47. The van der Waals surface area contributed by atoms with Crippen LogP contribution in [-0.4, -0.2) is 47.3 Å². The Morgan fingerprint density at radius 2 is 1.94 bits per heavy atom. The summed E-state index contributed by atoms with van der Waals surface area (Å²) in [4.78, 5) is 43.2. The summed E-state index contributed by atoms with van der Waals surface area (Å²) in [6.07, 6.45) is 1.57. The SMILES string of the molecule is C=CCN1C(=O)N[C@@H](c2cccc(F)c2)C2=C1CN([C@H](C(=O)NCC(C)C)c1ccccc1)C2=O. The van der Waals surface area contributed by atoms with Crippen LogP contribution >= 0.6 is 0 Å². The van der Waals surface area contributed by atoms with Crippen molar-refractivity contribution in [2.24, 2.45) is 5.92 Å². The first-order valence-electron chi connectivity index (χ1n) is 11.6. The molecule has 2 aromatic carbocycles. The highest BCUT2D eigenvalue weighted by atomic mass is 19.1. The van der Waals surface area contributed by atoms with E-state index in [-0.39, 0.29) is 30.8 Å². The summed E-state index contributed by atoms with van der Waals surface area (Å²) in [5.74, 6) is -0.907. The van der Waals surface area contributed by atoms with Gasteiger partial charge in [0.25, 0.3) is 5.91 Å². The molecule has 2 heterocycles. The summed E-state index contributed by atoms with van der Waals surface area (Å²) < 4.78 is 14.0. The Morgan fingerprint density at radius 3 is 2.60 bits per heavy atom. The van der Waals surface area contributed by atoms with Gasteiger partial charge in [0.1, 0.15) is 11.9 Å². The van der Waals surface area contributed by atoms with Gasteiger partial charge in [-0.05, 0) is 29.2 Å². The van der Waals surface area contributed by atoms with Crippen LogP contribution in [0.4, 0.5) is 9.18 Å². The molecule has 8 heteroatoms. The molecule has 2 N–H and O–H groups in total. The van der Waals surface area contributed by atoms with Crippen LogP contribution in [0.2, 0.25) is 0 Å². The lowest BCUT2D eigenvalue weighted by Gasteiger charge is -2.33. The van der Waals surface area contributed by atoms with Crippen molar-refractivity contribution < 1.29 is 18.8 Å². The van der Waals surface area contributed by atoms with Crippen molar-refractivity contribution in [2.75, 3.05) is 19.6 Å². The van der Waals surface area contributed by atoms with Gasteiger partial charge in [-0.3, -0.25) is 14.5 Å². The maximum Gasteiger partial charge on any atom is 0.322 e. The molecular weight excluding hydrogens is 447 g/mol. The van der Waals surface area contributed by atoms with Crippen LogP contribution < -0.4 is 10.6 Å². The molecule has 0 spiro atoms. The Hall–Kier alpha value is -3.94. The van der Waals surface area contributed by atoms with Crippen LogP contribution in [0, 0.1) is 11.7 Å². The number of hydrogen-bond donors (Lipinski definition) is 2. The van der Waals surface area contributed by atoms with Crippen LogP contribution in [0.1, 0.15) is 37.1 Å². The second kappa shape index (κ2) is 10.1. The smallest absolute Gasteiger partial charge is 0.322 e. The predicted octanol–water partition coefficient (Wildman–Crippen LogP) is 3.69. The van der Waals surface area contributed by atoms with Crippen molar-refractivity contribution >= 4 is 17.8 Å². The summed E-state index contributed by atoms with van der Waals surface area (Å²) in [5.41, 5.74) is 1.94. The lowest BCUT2D eigenvalue weighted by atomic mass is 9.95. The zero-order valence-corrected chi connectivity index (χ0v) is 19.8. The van der Waals surface area contributed by atoms with Gasteiger partial charge in [0.2, 0.25) is 5.91 Å². The predicted molar refractivity (Wildman–Crippen MR) is 130 cm³/mol. The van der Waals surface area contributed by atoms with E-state index in [2.05, 4.69) is 17.2 Å². The monoisotopic (exact) mass is 476 g/mol. The Labute approximate surface area is 204 Å². The molecule has 182 valence electrons. The van der Waals surface area contributed by atoms with Crippen molar-refractivity contribution in [1.29, 1.82) is 0 Å². The van der Waals surface area contributed by atoms with Gasteiger partial charge in [-0.1, -0.05) is 62.4 Å². The Bertz CT molecular complexity index is 1180. The van der Waals surface area contributed by atoms with E-state index in [1.165, 1.54) is 28.0 Å². The van der Waals surface area contributed by atoms with Gasteiger partial charge in [0.05, 0.1) is 23.9 Å². The minimum Gasteiger partial charge on any atom is -0.354 e. The van der Waals surface area contributed by atoms with Gasteiger partial charge < -0.3 is 15.5 Å². The number of benzene rings is 2. The fourth-order valence-electron chi connectivity index (χ4n) is 4.49. The zero-order chi connectivity index (χ0) is 25.1. The minimum atomic E-state index is -0.887. The molecule has 35 heavy (non-hydrogen) atoms. The molecule has 0 radical (unpaired) electrons. The minimum absolute atomic E-state index is 0.0654. The average Bonchev–Trinajstić information content (AvgIpc) is 3.17. The maximum absolute atomic E-state index is 14.0. The number of rotatable bonds is 8. The molecule has 0 bridgehead atoms. The van der Waals surface area contributed by atoms with Gasteiger partial charge in [-0.25, -0.2) is 9.18 Å². The molecule has 0 unspecified atom stereocenters. The first-order valence-corrected chi connectivity index (χ1v) is 11.6. The maximum atomic E-state index is 14.0. The topological polar surface area (TPSA) is 81.8 Å². The van der Waals surface area contributed by atoms with Crippen molar-refractivity contribution in [1.82, 2.24) is 20.4 Å². The summed E-state index contributed by atoms with van der Waals surface area (Å²) in [6.45, 7) is 8.43. The van der Waals surface area contributed by atoms with E-state index in [1.54, 1.807) is 24.3 Å². The summed E-state index contributed by atoms with van der Waals surface area (Å²) in [7, 11) is 0. The van der Waals surface area contributed by atoms with Gasteiger partial charge in [-0.15, -0.1) is 6.58 Å². The number of hydrogen-bond acceptors (Lipinski definition) is 3. The number of carbonyl (C=O) groups is 3. The molecule has 0 aliphatic carbocycles. The van der Waals surface area contributed by atoms with Crippen LogP contribution in [-0.2, 0) is 9.59 Å². The lowest BCUT2D eigenvalue weighted by molar-refractivity contribution is -0.136. The molecule has 2 atom stereocenters. The fraction of sp³-hybridized carbons (Fsp3) is 0.296. The van der Waals surface area contributed by atoms with E-state index in [9.17, 15) is 18.8 Å². The van der Waals surface area contributed by atoms with Crippen LogP contribution in [0.25, 0.3) is 0 Å². The van der Waals surface area contributed by atoms with Gasteiger partial charge in [-0.2, -0.15) is 0 Å². The summed E-state index contributed by atoms with van der Waals surface area (Å²) in [5, 5.41) is 5.77. The van der Waals surface area contributed by atoms with E-state index in [0.29, 0.717) is 28.9 Å². The van der Waals surface area contributed by atoms with Crippen molar-refractivity contribution in [3.63, 3.8) is 0 Å². The standard InChI is InChI=1S/C27H29FN4O3/c1-4-13-31-21-16-32(24(18-9-6-5-7-10-18)25(33)29-15-17(2)3)26(34)22(21)23(30-27(31)35)19-11-8-12-20(28)14-19/h4-12,14,17,23-24H,1,13,15-16H2,2-3H3,(H,29,33)(H,30,35)/t23-,24-/m0/s1. The van der Waals surface area contributed by atoms with E-state index in [1.807, 2.05) is 32.0 Å².